The molecular weight excluding hydrogens is 346 g/mol. The number of rotatable bonds is 4. The number of benzene rings is 2. The Balaban J connectivity index is 1.95. The Labute approximate surface area is 156 Å². The number of hydrogen-bond donors (Lipinski definition) is 1. The van der Waals surface area contributed by atoms with E-state index in [-0.39, 0.29) is 11.5 Å². The van der Waals surface area contributed by atoms with Crippen molar-refractivity contribution in [2.75, 3.05) is 7.05 Å². The van der Waals surface area contributed by atoms with Crippen LogP contribution in [0.2, 0.25) is 0 Å². The zero-order chi connectivity index (χ0) is 18.8. The van der Waals surface area contributed by atoms with Gasteiger partial charge in [0.1, 0.15) is 0 Å². The van der Waals surface area contributed by atoms with Gasteiger partial charge in [-0.2, -0.15) is 0 Å². The van der Waals surface area contributed by atoms with E-state index < -0.39 is 0 Å². The van der Waals surface area contributed by atoms with Gasteiger partial charge in [-0.25, -0.2) is 0 Å². The van der Waals surface area contributed by atoms with Crippen molar-refractivity contribution in [1.82, 2.24) is 14.5 Å². The molecule has 0 saturated carbocycles. The van der Waals surface area contributed by atoms with Crippen molar-refractivity contribution in [3.8, 4) is 0 Å². The summed E-state index contributed by atoms with van der Waals surface area (Å²) in [5.74, 6) is -0.103. The molecule has 26 heavy (non-hydrogen) atoms. The van der Waals surface area contributed by atoms with Crippen molar-refractivity contribution in [2.24, 2.45) is 0 Å². The number of hydrogen-bond acceptors (Lipinski definition) is 3. The second-order valence-electron chi connectivity index (χ2n) is 6.33. The SMILES string of the molecule is CCn1c(=S)[nH]c2cc(C(=O)N(C)Cc3ccccc3C)ccc2c1=O. The molecule has 3 rings (SSSR count). The molecule has 0 bridgehead atoms. The molecule has 0 saturated heterocycles. The van der Waals surface area contributed by atoms with Crippen molar-refractivity contribution in [2.45, 2.75) is 26.9 Å². The van der Waals surface area contributed by atoms with Crippen molar-refractivity contribution in [1.29, 1.82) is 0 Å². The van der Waals surface area contributed by atoms with Gasteiger partial charge < -0.3 is 9.88 Å². The van der Waals surface area contributed by atoms with Crippen LogP contribution in [0.4, 0.5) is 0 Å². The molecule has 0 radical (unpaired) electrons. The number of fused-ring (bicyclic) bond motifs is 1. The van der Waals surface area contributed by atoms with Crippen LogP contribution in [0.25, 0.3) is 10.9 Å². The van der Waals surface area contributed by atoms with E-state index in [1.807, 2.05) is 38.1 Å². The van der Waals surface area contributed by atoms with Gasteiger partial charge in [0.15, 0.2) is 4.77 Å². The van der Waals surface area contributed by atoms with Crippen LogP contribution >= 0.6 is 12.2 Å². The number of carbonyl (C=O) groups excluding carboxylic acids is 1. The Bertz CT molecular complexity index is 1100. The molecule has 0 aliphatic carbocycles. The van der Waals surface area contributed by atoms with Gasteiger partial charge in [0, 0.05) is 25.7 Å². The molecule has 0 aliphatic heterocycles. The third-order valence-corrected chi connectivity index (χ3v) is 4.88. The van der Waals surface area contributed by atoms with E-state index in [2.05, 4.69) is 4.98 Å². The van der Waals surface area contributed by atoms with Crippen LogP contribution in [-0.2, 0) is 13.1 Å². The summed E-state index contributed by atoms with van der Waals surface area (Å²) in [5, 5.41) is 0.526. The lowest BCUT2D eigenvalue weighted by molar-refractivity contribution is 0.0785. The topological polar surface area (TPSA) is 58.1 Å². The third-order valence-electron chi connectivity index (χ3n) is 4.56. The molecule has 0 atom stereocenters. The van der Waals surface area contributed by atoms with Gasteiger partial charge in [0.2, 0.25) is 0 Å². The Morgan fingerprint density at radius 3 is 2.65 bits per heavy atom. The minimum absolute atomic E-state index is 0.103. The smallest absolute Gasteiger partial charge is 0.262 e. The molecule has 0 aliphatic rings. The third kappa shape index (κ3) is 3.32. The van der Waals surface area contributed by atoms with Gasteiger partial charge in [-0.15, -0.1) is 0 Å². The van der Waals surface area contributed by atoms with Crippen LogP contribution in [0, 0.1) is 11.7 Å². The highest BCUT2D eigenvalue weighted by Crippen LogP contribution is 2.15. The Morgan fingerprint density at radius 1 is 1.23 bits per heavy atom. The molecule has 2 aromatic carbocycles. The normalized spacial score (nSPS) is 10.9. The number of amides is 1. The highest BCUT2D eigenvalue weighted by Gasteiger charge is 2.14. The molecule has 0 spiro atoms. The van der Waals surface area contributed by atoms with Crippen molar-refractivity contribution in [3.63, 3.8) is 0 Å². The molecule has 1 amide bonds. The number of nitrogens with one attached hydrogen (secondary N) is 1. The number of carbonyl (C=O) groups is 1. The number of H-pyrrole nitrogens is 1. The summed E-state index contributed by atoms with van der Waals surface area (Å²) in [6.07, 6.45) is 0. The summed E-state index contributed by atoms with van der Waals surface area (Å²) in [4.78, 5) is 30.0. The van der Waals surface area contributed by atoms with Gasteiger partial charge in [0.05, 0.1) is 10.9 Å². The second-order valence-corrected chi connectivity index (χ2v) is 6.71. The van der Waals surface area contributed by atoms with Crippen LogP contribution in [-0.4, -0.2) is 27.4 Å². The maximum atomic E-state index is 12.8. The molecule has 6 heteroatoms. The Kier molecular flexibility index (Phi) is 5.04. The Hall–Kier alpha value is -2.73. The fourth-order valence-electron chi connectivity index (χ4n) is 3.01. The molecule has 1 aromatic heterocycles. The highest BCUT2D eigenvalue weighted by atomic mass is 32.1. The fourth-order valence-corrected chi connectivity index (χ4v) is 3.33. The second kappa shape index (κ2) is 7.25. The molecule has 5 nitrogen and oxygen atoms in total. The van der Waals surface area contributed by atoms with E-state index in [1.54, 1.807) is 30.1 Å². The van der Waals surface area contributed by atoms with Gasteiger partial charge in [-0.3, -0.25) is 14.2 Å². The first kappa shape index (κ1) is 18.1. The van der Waals surface area contributed by atoms with Crippen LogP contribution in [0.3, 0.4) is 0 Å². The predicted molar refractivity (Wildman–Crippen MR) is 106 cm³/mol. The predicted octanol–water partition coefficient (Wildman–Crippen LogP) is 3.66. The lowest BCUT2D eigenvalue weighted by Gasteiger charge is -2.19. The minimum Gasteiger partial charge on any atom is -0.337 e. The molecular formula is C20H21N3O2S. The summed E-state index contributed by atoms with van der Waals surface area (Å²) < 4.78 is 1.87. The number of aryl methyl sites for hydroxylation is 1. The zero-order valence-electron chi connectivity index (χ0n) is 15.1. The fraction of sp³-hybridized carbons (Fsp3) is 0.250. The quantitative estimate of drug-likeness (QED) is 0.716. The summed E-state index contributed by atoms with van der Waals surface area (Å²) >= 11 is 5.24. The van der Waals surface area contributed by atoms with E-state index in [9.17, 15) is 9.59 Å². The van der Waals surface area contributed by atoms with E-state index >= 15 is 0 Å². The largest absolute Gasteiger partial charge is 0.337 e. The van der Waals surface area contributed by atoms with Crippen LogP contribution in [0.15, 0.2) is 47.3 Å². The average molecular weight is 367 g/mol. The summed E-state index contributed by atoms with van der Waals surface area (Å²) in [6, 6.07) is 13.1. The summed E-state index contributed by atoms with van der Waals surface area (Å²) in [7, 11) is 1.77. The Morgan fingerprint density at radius 2 is 1.96 bits per heavy atom. The van der Waals surface area contributed by atoms with Crippen molar-refractivity contribution >= 4 is 29.0 Å². The van der Waals surface area contributed by atoms with Crippen LogP contribution in [0.5, 0.6) is 0 Å². The van der Waals surface area contributed by atoms with Gasteiger partial charge in [0.25, 0.3) is 11.5 Å². The van der Waals surface area contributed by atoms with Crippen LogP contribution in [0.1, 0.15) is 28.4 Å². The molecule has 1 N–H and O–H groups in total. The van der Waals surface area contributed by atoms with Gasteiger partial charge in [-0.05, 0) is 55.4 Å². The van der Waals surface area contributed by atoms with Crippen molar-refractivity contribution in [3.05, 3.63) is 74.3 Å². The number of nitrogens with zero attached hydrogens (tertiary/aromatic N) is 2. The van der Waals surface area contributed by atoms with E-state index in [0.717, 1.165) is 11.1 Å². The average Bonchev–Trinajstić information content (AvgIpc) is 2.62. The standard InChI is InChI=1S/C20H21N3O2S/c1-4-23-19(25)16-10-9-14(11-17(16)21-20(23)26)18(24)22(3)12-15-8-6-5-7-13(15)2/h5-11H,4,12H2,1-3H3,(H,21,26). The minimum atomic E-state index is -0.140. The number of aromatic amines is 1. The van der Waals surface area contributed by atoms with Gasteiger partial charge in [-0.1, -0.05) is 24.3 Å². The first-order valence-corrected chi connectivity index (χ1v) is 8.90. The van der Waals surface area contributed by atoms with Crippen LogP contribution < -0.4 is 5.56 Å². The zero-order valence-corrected chi connectivity index (χ0v) is 15.9. The van der Waals surface area contributed by atoms with Crippen molar-refractivity contribution < 1.29 is 4.79 Å². The lowest BCUT2D eigenvalue weighted by Crippen LogP contribution is -2.27. The molecule has 0 fully saturated rings. The molecule has 1 heterocycles. The lowest BCUT2D eigenvalue weighted by atomic mass is 10.1. The van der Waals surface area contributed by atoms with E-state index in [1.165, 1.54) is 4.57 Å². The maximum absolute atomic E-state index is 12.8. The first-order valence-electron chi connectivity index (χ1n) is 8.49. The van der Waals surface area contributed by atoms with Gasteiger partial charge >= 0.3 is 0 Å². The maximum Gasteiger partial charge on any atom is 0.262 e. The highest BCUT2D eigenvalue weighted by molar-refractivity contribution is 7.71. The monoisotopic (exact) mass is 367 g/mol. The van der Waals surface area contributed by atoms with E-state index in [4.69, 9.17) is 12.2 Å². The molecule has 134 valence electrons. The summed E-state index contributed by atoms with van der Waals surface area (Å²) in [5.41, 5.74) is 3.22. The first-order chi connectivity index (χ1) is 12.4. The molecule has 0 unspecified atom stereocenters. The molecule has 3 aromatic rings. The van der Waals surface area contributed by atoms with E-state index in [0.29, 0.717) is 34.3 Å². The summed E-state index contributed by atoms with van der Waals surface area (Å²) in [6.45, 7) is 4.93. The number of aromatic nitrogens is 2.